The van der Waals surface area contributed by atoms with E-state index < -0.39 is 15.8 Å². The molecule has 2 aromatic rings. The van der Waals surface area contributed by atoms with Gasteiger partial charge in [0.25, 0.3) is 15.9 Å². The molecular formula is C18H20FN3O3S. The van der Waals surface area contributed by atoms with Gasteiger partial charge in [-0.2, -0.15) is 0 Å². The van der Waals surface area contributed by atoms with Crippen LogP contribution in [-0.2, 0) is 10.0 Å². The molecule has 1 fully saturated rings. The summed E-state index contributed by atoms with van der Waals surface area (Å²) < 4.78 is 41.0. The molecule has 0 saturated carbocycles. The van der Waals surface area contributed by atoms with Crippen LogP contribution >= 0.6 is 0 Å². The van der Waals surface area contributed by atoms with Crippen molar-refractivity contribution in [2.24, 2.45) is 5.92 Å². The summed E-state index contributed by atoms with van der Waals surface area (Å²) in [6.45, 7) is 4.00. The first-order chi connectivity index (χ1) is 12.4. The third kappa shape index (κ3) is 4.03. The fraction of sp³-hybridized carbons (Fsp3) is 0.278. The number of anilines is 1. The second-order valence-electron chi connectivity index (χ2n) is 6.30. The first kappa shape index (κ1) is 18.3. The van der Waals surface area contributed by atoms with Gasteiger partial charge >= 0.3 is 0 Å². The molecule has 0 aliphatic carbocycles. The smallest absolute Gasteiger partial charge is 0.262 e. The van der Waals surface area contributed by atoms with Crippen molar-refractivity contribution < 1.29 is 17.6 Å². The fourth-order valence-corrected chi connectivity index (χ4v) is 3.68. The van der Waals surface area contributed by atoms with Crippen molar-refractivity contribution in [2.45, 2.75) is 11.8 Å². The average Bonchev–Trinajstić information content (AvgIpc) is 2.55. The van der Waals surface area contributed by atoms with E-state index >= 15 is 0 Å². The maximum Gasteiger partial charge on any atom is 0.262 e. The standard InChI is InChI=1S/C18H20FN3O3S/c1-12-6-7-14(8-15(12)18(23)21-11-13-9-20-10-13)26(24,25)22-17-5-3-2-4-16(17)19/h2-8,13,20,22H,9-11H2,1H3,(H,21,23). The Morgan fingerprint density at radius 3 is 2.62 bits per heavy atom. The topological polar surface area (TPSA) is 87.3 Å². The molecular weight excluding hydrogens is 357 g/mol. The normalized spacial score (nSPS) is 14.5. The number of aryl methyl sites for hydroxylation is 1. The number of amides is 1. The molecule has 1 amide bonds. The molecule has 3 N–H and O–H groups in total. The zero-order valence-corrected chi connectivity index (χ0v) is 15.1. The van der Waals surface area contributed by atoms with Crippen LogP contribution in [0.15, 0.2) is 47.4 Å². The lowest BCUT2D eigenvalue weighted by Gasteiger charge is -2.27. The van der Waals surface area contributed by atoms with Crippen LogP contribution in [0.25, 0.3) is 0 Å². The number of benzene rings is 2. The summed E-state index contributed by atoms with van der Waals surface area (Å²) in [5.41, 5.74) is 0.810. The Kier molecular flexibility index (Phi) is 5.24. The predicted octanol–water partition coefficient (Wildman–Crippen LogP) is 1.88. The first-order valence-corrected chi connectivity index (χ1v) is 9.72. The third-order valence-electron chi connectivity index (χ3n) is 4.30. The number of sulfonamides is 1. The summed E-state index contributed by atoms with van der Waals surface area (Å²) in [5, 5.41) is 5.95. The Bertz CT molecular complexity index is 927. The number of para-hydroxylation sites is 1. The van der Waals surface area contributed by atoms with E-state index in [1.54, 1.807) is 13.0 Å². The molecule has 138 valence electrons. The molecule has 1 saturated heterocycles. The minimum atomic E-state index is -4.01. The number of nitrogens with one attached hydrogen (secondary N) is 3. The van der Waals surface area contributed by atoms with Crippen LogP contribution in [0.2, 0.25) is 0 Å². The summed E-state index contributed by atoms with van der Waals surface area (Å²) in [6.07, 6.45) is 0. The van der Waals surface area contributed by atoms with E-state index in [-0.39, 0.29) is 22.1 Å². The van der Waals surface area contributed by atoms with Crippen molar-refractivity contribution in [2.75, 3.05) is 24.4 Å². The third-order valence-corrected chi connectivity index (χ3v) is 5.66. The van der Waals surface area contributed by atoms with E-state index in [2.05, 4.69) is 15.4 Å². The van der Waals surface area contributed by atoms with Crippen LogP contribution in [0.4, 0.5) is 10.1 Å². The lowest BCUT2D eigenvalue weighted by molar-refractivity contribution is 0.0941. The molecule has 0 spiro atoms. The molecule has 1 aliphatic heterocycles. The summed E-state index contributed by atoms with van der Waals surface area (Å²) in [4.78, 5) is 12.3. The minimum absolute atomic E-state index is 0.0955. The number of hydrogen-bond donors (Lipinski definition) is 3. The Morgan fingerprint density at radius 2 is 1.96 bits per heavy atom. The number of halogens is 1. The highest BCUT2D eigenvalue weighted by molar-refractivity contribution is 7.92. The molecule has 1 heterocycles. The maximum absolute atomic E-state index is 13.7. The number of carbonyl (C=O) groups is 1. The number of rotatable bonds is 6. The lowest BCUT2D eigenvalue weighted by Crippen LogP contribution is -2.48. The van der Waals surface area contributed by atoms with Crippen molar-refractivity contribution in [1.29, 1.82) is 0 Å². The molecule has 3 rings (SSSR count). The Hall–Kier alpha value is -2.45. The maximum atomic E-state index is 13.7. The molecule has 0 radical (unpaired) electrons. The quantitative estimate of drug-likeness (QED) is 0.717. The summed E-state index contributed by atoms with van der Waals surface area (Å²) >= 11 is 0. The van der Waals surface area contributed by atoms with Crippen LogP contribution < -0.4 is 15.4 Å². The van der Waals surface area contributed by atoms with Crippen molar-refractivity contribution >= 4 is 21.6 Å². The highest BCUT2D eigenvalue weighted by atomic mass is 32.2. The molecule has 0 unspecified atom stereocenters. The van der Waals surface area contributed by atoms with Gasteiger partial charge in [0.05, 0.1) is 10.6 Å². The fourth-order valence-electron chi connectivity index (χ4n) is 2.59. The van der Waals surface area contributed by atoms with Crippen LogP contribution in [0.1, 0.15) is 15.9 Å². The van der Waals surface area contributed by atoms with Crippen LogP contribution in [0.3, 0.4) is 0 Å². The predicted molar refractivity (Wildman–Crippen MR) is 97.1 cm³/mol. The largest absolute Gasteiger partial charge is 0.352 e. The monoisotopic (exact) mass is 377 g/mol. The molecule has 6 nitrogen and oxygen atoms in total. The highest BCUT2D eigenvalue weighted by Crippen LogP contribution is 2.21. The van der Waals surface area contributed by atoms with Gasteiger partial charge in [-0.15, -0.1) is 0 Å². The zero-order chi connectivity index (χ0) is 18.7. The van der Waals surface area contributed by atoms with Gasteiger partial charge in [-0.25, -0.2) is 12.8 Å². The summed E-state index contributed by atoms with van der Waals surface area (Å²) in [6, 6.07) is 9.78. The summed E-state index contributed by atoms with van der Waals surface area (Å²) in [7, 11) is -4.01. The van der Waals surface area contributed by atoms with E-state index in [4.69, 9.17) is 0 Å². The summed E-state index contributed by atoms with van der Waals surface area (Å²) in [5.74, 6) is -0.596. The van der Waals surface area contributed by atoms with Gasteiger partial charge in [0.1, 0.15) is 5.82 Å². The molecule has 0 bridgehead atoms. The van der Waals surface area contributed by atoms with Gasteiger partial charge in [0.2, 0.25) is 0 Å². The molecule has 1 aliphatic rings. The number of carbonyl (C=O) groups excluding carboxylic acids is 1. The average molecular weight is 377 g/mol. The van der Waals surface area contributed by atoms with Gasteiger partial charge in [-0.1, -0.05) is 18.2 Å². The van der Waals surface area contributed by atoms with Gasteiger partial charge in [0.15, 0.2) is 0 Å². The number of hydrogen-bond acceptors (Lipinski definition) is 4. The molecule has 2 aromatic carbocycles. The van der Waals surface area contributed by atoms with E-state index in [0.717, 1.165) is 13.1 Å². The van der Waals surface area contributed by atoms with E-state index in [0.29, 0.717) is 18.0 Å². The Balaban J connectivity index is 1.81. The minimum Gasteiger partial charge on any atom is -0.352 e. The van der Waals surface area contributed by atoms with Crippen molar-refractivity contribution in [3.63, 3.8) is 0 Å². The van der Waals surface area contributed by atoms with Gasteiger partial charge < -0.3 is 10.6 Å². The second-order valence-corrected chi connectivity index (χ2v) is 7.98. The van der Waals surface area contributed by atoms with Crippen LogP contribution in [0, 0.1) is 18.7 Å². The van der Waals surface area contributed by atoms with E-state index in [1.165, 1.54) is 36.4 Å². The molecule has 26 heavy (non-hydrogen) atoms. The zero-order valence-electron chi connectivity index (χ0n) is 14.3. The van der Waals surface area contributed by atoms with Crippen LogP contribution in [-0.4, -0.2) is 34.0 Å². The molecule has 0 atom stereocenters. The van der Waals surface area contributed by atoms with Crippen molar-refractivity contribution in [1.82, 2.24) is 10.6 Å². The van der Waals surface area contributed by atoms with E-state index in [9.17, 15) is 17.6 Å². The van der Waals surface area contributed by atoms with Gasteiger partial charge in [0, 0.05) is 31.1 Å². The van der Waals surface area contributed by atoms with Crippen LogP contribution in [0.5, 0.6) is 0 Å². The van der Waals surface area contributed by atoms with Crippen molar-refractivity contribution in [3.8, 4) is 0 Å². The second kappa shape index (κ2) is 7.43. The van der Waals surface area contributed by atoms with Gasteiger partial charge in [-0.05, 0) is 36.8 Å². The Morgan fingerprint density at radius 1 is 1.23 bits per heavy atom. The highest BCUT2D eigenvalue weighted by Gasteiger charge is 2.21. The van der Waals surface area contributed by atoms with Crippen molar-refractivity contribution in [3.05, 3.63) is 59.4 Å². The molecule has 8 heteroatoms. The molecule has 0 aromatic heterocycles. The lowest BCUT2D eigenvalue weighted by atomic mass is 10.0. The first-order valence-electron chi connectivity index (χ1n) is 8.24. The SMILES string of the molecule is Cc1ccc(S(=O)(=O)Nc2ccccc2F)cc1C(=O)NCC1CNC1. The van der Waals surface area contributed by atoms with E-state index in [1.807, 2.05) is 0 Å². The van der Waals surface area contributed by atoms with Gasteiger partial charge in [-0.3, -0.25) is 9.52 Å². The Labute approximate surface area is 151 Å².